The van der Waals surface area contributed by atoms with Crippen LogP contribution in [0.2, 0.25) is 0 Å². The number of aliphatic hydroxyl groups excluding tert-OH is 1. The predicted octanol–water partition coefficient (Wildman–Crippen LogP) is 1.30. The molecule has 108 valence electrons. The zero-order chi connectivity index (χ0) is 14.5. The Morgan fingerprint density at radius 3 is 2.65 bits per heavy atom. The van der Waals surface area contributed by atoms with E-state index in [-0.39, 0.29) is 12.5 Å². The van der Waals surface area contributed by atoms with Gasteiger partial charge in [-0.05, 0) is 24.6 Å². The maximum Gasteiger partial charge on any atom is 0.267 e. The molecule has 0 radical (unpaired) electrons. The van der Waals surface area contributed by atoms with E-state index in [9.17, 15) is 4.79 Å². The van der Waals surface area contributed by atoms with Crippen molar-refractivity contribution in [2.45, 2.75) is 6.42 Å². The van der Waals surface area contributed by atoms with E-state index in [2.05, 4.69) is 10.3 Å². The van der Waals surface area contributed by atoms with Crippen LogP contribution < -0.4 is 14.8 Å². The van der Waals surface area contributed by atoms with Crippen molar-refractivity contribution in [3.05, 3.63) is 23.9 Å². The van der Waals surface area contributed by atoms with Crippen molar-refractivity contribution in [3.8, 4) is 11.5 Å². The number of methoxy groups -OCH3 is 2. The third-order valence-electron chi connectivity index (χ3n) is 3.02. The third-order valence-corrected chi connectivity index (χ3v) is 3.02. The minimum atomic E-state index is -0.223. The highest BCUT2D eigenvalue weighted by Crippen LogP contribution is 2.33. The lowest BCUT2D eigenvalue weighted by Crippen LogP contribution is -2.25. The number of carbonyl (C=O) groups is 1. The Labute approximate surface area is 116 Å². The van der Waals surface area contributed by atoms with Crippen molar-refractivity contribution < 1.29 is 19.4 Å². The molecule has 2 rings (SSSR count). The number of fused-ring (bicyclic) bond motifs is 1. The molecule has 20 heavy (non-hydrogen) atoms. The normalized spacial score (nSPS) is 10.6. The van der Waals surface area contributed by atoms with Gasteiger partial charge in [0.2, 0.25) is 0 Å². The SMILES string of the molecule is COc1ccc(OC)c2[nH]c(C(=O)NCCCO)cc12. The molecule has 2 aromatic rings. The van der Waals surface area contributed by atoms with Gasteiger partial charge in [-0.3, -0.25) is 4.79 Å². The number of ether oxygens (including phenoxy) is 2. The van der Waals surface area contributed by atoms with E-state index in [0.29, 0.717) is 30.2 Å². The minimum Gasteiger partial charge on any atom is -0.496 e. The lowest BCUT2D eigenvalue weighted by molar-refractivity contribution is 0.0947. The average Bonchev–Trinajstić information content (AvgIpc) is 2.91. The average molecular weight is 278 g/mol. The molecule has 0 aliphatic heterocycles. The molecule has 0 saturated heterocycles. The summed E-state index contributed by atoms with van der Waals surface area (Å²) in [6.45, 7) is 0.480. The summed E-state index contributed by atoms with van der Waals surface area (Å²) in [4.78, 5) is 15.0. The second-order valence-corrected chi connectivity index (χ2v) is 4.27. The van der Waals surface area contributed by atoms with Crippen molar-refractivity contribution in [3.63, 3.8) is 0 Å². The topological polar surface area (TPSA) is 83.6 Å². The van der Waals surface area contributed by atoms with Gasteiger partial charge in [-0.2, -0.15) is 0 Å². The summed E-state index contributed by atoms with van der Waals surface area (Å²) < 4.78 is 10.5. The molecule has 0 aliphatic carbocycles. The molecule has 0 atom stereocenters. The Morgan fingerprint density at radius 2 is 2.00 bits per heavy atom. The number of carbonyl (C=O) groups excluding carboxylic acids is 1. The Kier molecular flexibility index (Phi) is 4.47. The highest BCUT2D eigenvalue weighted by atomic mass is 16.5. The fourth-order valence-electron chi connectivity index (χ4n) is 2.01. The van der Waals surface area contributed by atoms with Crippen molar-refractivity contribution in [2.75, 3.05) is 27.4 Å². The fraction of sp³-hybridized carbons (Fsp3) is 0.357. The molecule has 1 aromatic carbocycles. The Balaban J connectivity index is 2.34. The van der Waals surface area contributed by atoms with E-state index >= 15 is 0 Å². The zero-order valence-corrected chi connectivity index (χ0v) is 11.5. The molecule has 1 aromatic heterocycles. The van der Waals surface area contributed by atoms with Crippen LogP contribution in [-0.2, 0) is 0 Å². The van der Waals surface area contributed by atoms with Crippen molar-refractivity contribution >= 4 is 16.8 Å². The fourth-order valence-corrected chi connectivity index (χ4v) is 2.01. The van der Waals surface area contributed by atoms with Crippen LogP contribution in [0.4, 0.5) is 0 Å². The maximum absolute atomic E-state index is 12.0. The van der Waals surface area contributed by atoms with E-state index in [0.717, 1.165) is 10.9 Å². The first-order valence-corrected chi connectivity index (χ1v) is 6.34. The van der Waals surface area contributed by atoms with Crippen molar-refractivity contribution in [1.29, 1.82) is 0 Å². The zero-order valence-electron chi connectivity index (χ0n) is 11.5. The van der Waals surface area contributed by atoms with Gasteiger partial charge in [0, 0.05) is 18.5 Å². The standard InChI is InChI=1S/C14H18N2O4/c1-19-11-4-5-12(20-2)13-9(11)8-10(16-13)14(18)15-6-3-7-17/h4-5,8,16-17H,3,6-7H2,1-2H3,(H,15,18). The van der Waals surface area contributed by atoms with Gasteiger partial charge >= 0.3 is 0 Å². The number of amides is 1. The minimum absolute atomic E-state index is 0.0502. The van der Waals surface area contributed by atoms with E-state index in [1.54, 1.807) is 32.4 Å². The molecule has 1 amide bonds. The molecule has 0 fully saturated rings. The number of hydrogen-bond acceptors (Lipinski definition) is 4. The van der Waals surface area contributed by atoms with Gasteiger partial charge in [-0.1, -0.05) is 0 Å². The lowest BCUT2D eigenvalue weighted by Gasteiger charge is -2.05. The van der Waals surface area contributed by atoms with Crippen LogP contribution in [0.25, 0.3) is 10.9 Å². The summed E-state index contributed by atoms with van der Waals surface area (Å²) in [5, 5.41) is 12.2. The van der Waals surface area contributed by atoms with Crippen LogP contribution in [0.3, 0.4) is 0 Å². The van der Waals surface area contributed by atoms with Gasteiger partial charge in [-0.15, -0.1) is 0 Å². The van der Waals surface area contributed by atoms with E-state index in [1.807, 2.05) is 0 Å². The Bertz CT molecular complexity index is 565. The monoisotopic (exact) mass is 278 g/mol. The molecule has 0 aliphatic rings. The van der Waals surface area contributed by atoms with Gasteiger partial charge in [0.25, 0.3) is 5.91 Å². The number of hydrogen-bond donors (Lipinski definition) is 3. The number of aliphatic hydroxyl groups is 1. The molecule has 0 bridgehead atoms. The van der Waals surface area contributed by atoms with Gasteiger partial charge in [0.05, 0.1) is 19.7 Å². The number of benzene rings is 1. The van der Waals surface area contributed by atoms with E-state index in [4.69, 9.17) is 14.6 Å². The summed E-state index contributed by atoms with van der Waals surface area (Å²) >= 11 is 0. The smallest absolute Gasteiger partial charge is 0.267 e. The Morgan fingerprint density at radius 1 is 1.30 bits per heavy atom. The lowest BCUT2D eigenvalue weighted by atomic mass is 10.2. The summed E-state index contributed by atoms with van der Waals surface area (Å²) in [6, 6.07) is 5.30. The first kappa shape index (κ1) is 14.2. The molecule has 3 N–H and O–H groups in total. The van der Waals surface area contributed by atoms with Crippen LogP contribution in [0.5, 0.6) is 11.5 Å². The Hall–Kier alpha value is -2.21. The second kappa shape index (κ2) is 6.29. The number of nitrogens with one attached hydrogen (secondary N) is 2. The molecular weight excluding hydrogens is 260 g/mol. The van der Waals surface area contributed by atoms with Crippen LogP contribution in [0.15, 0.2) is 18.2 Å². The number of aromatic amines is 1. The number of rotatable bonds is 6. The first-order chi connectivity index (χ1) is 9.71. The number of aromatic nitrogens is 1. The van der Waals surface area contributed by atoms with Gasteiger partial charge in [0.15, 0.2) is 0 Å². The maximum atomic E-state index is 12.0. The predicted molar refractivity (Wildman–Crippen MR) is 75.4 cm³/mol. The molecule has 0 spiro atoms. The van der Waals surface area contributed by atoms with Crippen LogP contribution in [-0.4, -0.2) is 43.4 Å². The largest absolute Gasteiger partial charge is 0.496 e. The van der Waals surface area contributed by atoms with Crippen molar-refractivity contribution in [2.24, 2.45) is 0 Å². The van der Waals surface area contributed by atoms with E-state index < -0.39 is 0 Å². The van der Waals surface area contributed by atoms with Gasteiger partial charge < -0.3 is 24.9 Å². The summed E-state index contributed by atoms with van der Waals surface area (Å²) in [7, 11) is 3.15. The molecule has 6 nitrogen and oxygen atoms in total. The first-order valence-electron chi connectivity index (χ1n) is 6.34. The van der Waals surface area contributed by atoms with Crippen LogP contribution in [0.1, 0.15) is 16.9 Å². The summed E-state index contributed by atoms with van der Waals surface area (Å²) in [5.74, 6) is 1.10. The summed E-state index contributed by atoms with van der Waals surface area (Å²) in [5.41, 5.74) is 1.15. The quantitative estimate of drug-likeness (QED) is 0.695. The highest BCUT2D eigenvalue weighted by molar-refractivity contribution is 6.01. The molecule has 6 heteroatoms. The van der Waals surface area contributed by atoms with Gasteiger partial charge in [0.1, 0.15) is 17.2 Å². The van der Waals surface area contributed by atoms with Crippen LogP contribution in [0, 0.1) is 0 Å². The number of H-pyrrole nitrogens is 1. The molecule has 1 heterocycles. The molecule has 0 unspecified atom stereocenters. The third kappa shape index (κ3) is 2.70. The summed E-state index contributed by atoms with van der Waals surface area (Å²) in [6.07, 6.45) is 0.526. The van der Waals surface area contributed by atoms with Crippen molar-refractivity contribution in [1.82, 2.24) is 10.3 Å². The molecule has 0 saturated carbocycles. The van der Waals surface area contributed by atoms with E-state index in [1.165, 1.54) is 0 Å². The second-order valence-electron chi connectivity index (χ2n) is 4.27. The van der Waals surface area contributed by atoms with Gasteiger partial charge in [-0.25, -0.2) is 0 Å². The molecular formula is C14H18N2O4. The van der Waals surface area contributed by atoms with Crippen LogP contribution >= 0.6 is 0 Å². The highest BCUT2D eigenvalue weighted by Gasteiger charge is 2.14.